The highest BCUT2D eigenvalue weighted by Gasteiger charge is 2.24. The molecule has 1 aromatic carbocycles. The molecule has 0 saturated heterocycles. The van der Waals surface area contributed by atoms with Crippen LogP contribution >= 0.6 is 0 Å². The summed E-state index contributed by atoms with van der Waals surface area (Å²) in [5.74, 6) is -0.344. The zero-order chi connectivity index (χ0) is 17.7. The molecular formula is C18H27NO4. The Morgan fingerprint density at radius 2 is 1.61 bits per heavy atom. The van der Waals surface area contributed by atoms with Crippen molar-refractivity contribution in [1.82, 2.24) is 5.32 Å². The Morgan fingerprint density at radius 3 is 2.09 bits per heavy atom. The molecule has 0 heterocycles. The lowest BCUT2D eigenvalue weighted by molar-refractivity contribution is 0.0467. The van der Waals surface area contributed by atoms with Crippen molar-refractivity contribution in [1.29, 1.82) is 0 Å². The maximum absolute atomic E-state index is 11.9. The highest BCUT2D eigenvalue weighted by atomic mass is 16.6. The minimum absolute atomic E-state index is 0.344. The molecule has 23 heavy (non-hydrogen) atoms. The number of aryl methyl sites for hydroxylation is 1. The second-order valence-corrected chi connectivity index (χ2v) is 7.20. The van der Waals surface area contributed by atoms with Gasteiger partial charge < -0.3 is 14.8 Å². The van der Waals surface area contributed by atoms with E-state index < -0.39 is 11.7 Å². The third-order valence-electron chi connectivity index (χ3n) is 3.25. The molecule has 0 atom stereocenters. The summed E-state index contributed by atoms with van der Waals surface area (Å²) < 4.78 is 9.95. The third-order valence-corrected chi connectivity index (χ3v) is 3.25. The van der Waals surface area contributed by atoms with Gasteiger partial charge in [-0.1, -0.05) is 12.1 Å². The van der Waals surface area contributed by atoms with Gasteiger partial charge in [0.25, 0.3) is 0 Å². The fourth-order valence-electron chi connectivity index (χ4n) is 2.02. The van der Waals surface area contributed by atoms with Crippen molar-refractivity contribution in [2.75, 3.05) is 7.11 Å². The predicted octanol–water partition coefficient (Wildman–Crippen LogP) is 3.71. The molecule has 1 N–H and O–H groups in total. The lowest BCUT2D eigenvalue weighted by Gasteiger charge is -2.28. The number of hydrogen-bond donors (Lipinski definition) is 1. The third kappa shape index (κ3) is 7.17. The maximum atomic E-state index is 11.9. The number of carbonyl (C=O) groups is 2. The van der Waals surface area contributed by atoms with Gasteiger partial charge in [0, 0.05) is 5.54 Å². The smallest absolute Gasteiger partial charge is 0.408 e. The Balaban J connectivity index is 2.55. The topological polar surface area (TPSA) is 64.6 Å². The second kappa shape index (κ2) is 7.49. The Hall–Kier alpha value is -2.04. The van der Waals surface area contributed by atoms with E-state index in [-0.39, 0.29) is 11.5 Å². The van der Waals surface area contributed by atoms with Crippen LogP contribution < -0.4 is 5.32 Å². The number of methoxy groups -OCH3 is 1. The maximum Gasteiger partial charge on any atom is 0.408 e. The summed E-state index contributed by atoms with van der Waals surface area (Å²) in [6.07, 6.45) is 1.12. The number of hydrogen-bond acceptors (Lipinski definition) is 4. The molecule has 0 radical (unpaired) electrons. The molecule has 0 spiro atoms. The SMILES string of the molecule is COC(=O)c1ccc(CCC(C)(C)NC(=O)OC(C)(C)C)cc1. The zero-order valence-electron chi connectivity index (χ0n) is 14.9. The van der Waals surface area contributed by atoms with Gasteiger partial charge in [0.2, 0.25) is 0 Å². The minimum atomic E-state index is -0.510. The normalized spacial score (nSPS) is 11.7. The van der Waals surface area contributed by atoms with E-state index in [0.29, 0.717) is 5.56 Å². The zero-order valence-corrected chi connectivity index (χ0v) is 14.9. The number of nitrogens with one attached hydrogen (secondary N) is 1. The molecule has 0 unspecified atom stereocenters. The van der Waals surface area contributed by atoms with Crippen LogP contribution in [-0.4, -0.2) is 30.3 Å². The van der Waals surface area contributed by atoms with Crippen LogP contribution in [0.2, 0.25) is 0 Å². The van der Waals surface area contributed by atoms with Crippen LogP contribution in [0.3, 0.4) is 0 Å². The Kier molecular flexibility index (Phi) is 6.19. The summed E-state index contributed by atoms with van der Waals surface area (Å²) >= 11 is 0. The van der Waals surface area contributed by atoms with Crippen molar-refractivity contribution in [3.63, 3.8) is 0 Å². The van der Waals surface area contributed by atoms with E-state index in [1.165, 1.54) is 7.11 Å². The van der Waals surface area contributed by atoms with Crippen molar-refractivity contribution < 1.29 is 19.1 Å². The van der Waals surface area contributed by atoms with Gasteiger partial charge in [0.15, 0.2) is 0 Å². The molecule has 0 bridgehead atoms. The van der Waals surface area contributed by atoms with Crippen LogP contribution in [0.25, 0.3) is 0 Å². The molecule has 5 heteroatoms. The molecule has 0 aliphatic carbocycles. The number of amides is 1. The minimum Gasteiger partial charge on any atom is -0.465 e. The van der Waals surface area contributed by atoms with Crippen molar-refractivity contribution in [2.24, 2.45) is 0 Å². The highest BCUT2D eigenvalue weighted by molar-refractivity contribution is 5.89. The molecule has 0 saturated carbocycles. The molecule has 0 aliphatic rings. The fourth-order valence-corrected chi connectivity index (χ4v) is 2.02. The van der Waals surface area contributed by atoms with Crippen molar-refractivity contribution >= 4 is 12.1 Å². The van der Waals surface area contributed by atoms with Crippen molar-refractivity contribution in [3.05, 3.63) is 35.4 Å². The van der Waals surface area contributed by atoms with Crippen LogP contribution in [-0.2, 0) is 15.9 Å². The molecule has 0 aromatic heterocycles. The quantitative estimate of drug-likeness (QED) is 0.840. The molecular weight excluding hydrogens is 294 g/mol. The van der Waals surface area contributed by atoms with Gasteiger partial charge in [0.1, 0.15) is 5.60 Å². The lowest BCUT2D eigenvalue weighted by Crippen LogP contribution is -2.46. The van der Waals surface area contributed by atoms with E-state index in [4.69, 9.17) is 4.74 Å². The first-order valence-electron chi connectivity index (χ1n) is 7.71. The summed E-state index contributed by atoms with van der Waals surface area (Å²) in [5, 5.41) is 2.89. The van der Waals surface area contributed by atoms with E-state index in [1.807, 2.05) is 46.8 Å². The number of ether oxygens (including phenoxy) is 2. The summed E-state index contributed by atoms with van der Waals surface area (Å²) in [6.45, 7) is 9.42. The number of carbonyl (C=O) groups excluding carboxylic acids is 2. The van der Waals surface area contributed by atoms with E-state index in [2.05, 4.69) is 10.1 Å². The largest absolute Gasteiger partial charge is 0.465 e. The molecule has 1 aromatic rings. The molecule has 1 rings (SSSR count). The average Bonchev–Trinajstić information content (AvgIpc) is 2.42. The predicted molar refractivity (Wildman–Crippen MR) is 89.6 cm³/mol. The standard InChI is InChI=1S/C18H27NO4/c1-17(2,3)23-16(21)19-18(4,5)12-11-13-7-9-14(10-8-13)15(20)22-6/h7-10H,11-12H2,1-6H3,(H,19,21). The van der Waals surface area contributed by atoms with Crippen LogP contribution in [0.5, 0.6) is 0 Å². The van der Waals surface area contributed by atoms with Gasteiger partial charge >= 0.3 is 12.1 Å². The first-order valence-corrected chi connectivity index (χ1v) is 7.71. The number of rotatable bonds is 5. The summed E-state index contributed by atoms with van der Waals surface area (Å²) in [7, 11) is 1.36. The molecule has 0 aliphatic heterocycles. The second-order valence-electron chi connectivity index (χ2n) is 7.20. The van der Waals surface area contributed by atoms with E-state index in [9.17, 15) is 9.59 Å². The molecule has 1 amide bonds. The monoisotopic (exact) mass is 321 g/mol. The van der Waals surface area contributed by atoms with E-state index >= 15 is 0 Å². The van der Waals surface area contributed by atoms with Gasteiger partial charge in [-0.3, -0.25) is 0 Å². The molecule has 5 nitrogen and oxygen atoms in total. The number of esters is 1. The van der Waals surface area contributed by atoms with Crippen LogP contribution in [0, 0.1) is 0 Å². The van der Waals surface area contributed by atoms with Gasteiger partial charge in [-0.05, 0) is 65.2 Å². The van der Waals surface area contributed by atoms with Gasteiger partial charge in [-0.15, -0.1) is 0 Å². The fraction of sp³-hybridized carbons (Fsp3) is 0.556. The highest BCUT2D eigenvalue weighted by Crippen LogP contribution is 2.16. The summed E-state index contributed by atoms with van der Waals surface area (Å²) in [5.41, 5.74) is 0.729. The van der Waals surface area contributed by atoms with E-state index in [0.717, 1.165) is 18.4 Å². The average molecular weight is 321 g/mol. The van der Waals surface area contributed by atoms with Crippen molar-refractivity contribution in [3.8, 4) is 0 Å². The van der Waals surface area contributed by atoms with Crippen LogP contribution in [0.15, 0.2) is 24.3 Å². The first-order chi connectivity index (χ1) is 10.5. The molecule has 0 fully saturated rings. The Morgan fingerprint density at radius 1 is 1.04 bits per heavy atom. The lowest BCUT2D eigenvalue weighted by atomic mass is 9.95. The number of benzene rings is 1. The summed E-state index contributed by atoms with van der Waals surface area (Å²) in [6, 6.07) is 7.29. The first kappa shape index (κ1) is 19.0. The summed E-state index contributed by atoms with van der Waals surface area (Å²) in [4.78, 5) is 23.2. The Bertz CT molecular complexity index is 541. The molecule has 128 valence electrons. The van der Waals surface area contributed by atoms with Gasteiger partial charge in [-0.2, -0.15) is 0 Å². The van der Waals surface area contributed by atoms with E-state index in [1.54, 1.807) is 12.1 Å². The van der Waals surface area contributed by atoms with Crippen LogP contribution in [0.4, 0.5) is 4.79 Å². The van der Waals surface area contributed by atoms with Crippen molar-refractivity contribution in [2.45, 2.75) is 58.6 Å². The number of alkyl carbamates (subject to hydrolysis) is 1. The van der Waals surface area contributed by atoms with Gasteiger partial charge in [0.05, 0.1) is 12.7 Å². The van der Waals surface area contributed by atoms with Gasteiger partial charge in [-0.25, -0.2) is 9.59 Å². The van der Waals surface area contributed by atoms with Crippen LogP contribution in [0.1, 0.15) is 57.0 Å². The Labute approximate surface area is 138 Å².